The highest BCUT2D eigenvalue weighted by atomic mass is 16.4. The molecule has 0 aromatic rings. The Bertz CT molecular complexity index is 342. The average molecular weight is 271 g/mol. The molecule has 1 unspecified atom stereocenters. The van der Waals surface area contributed by atoms with Crippen LogP contribution in [0.1, 0.15) is 19.3 Å². The van der Waals surface area contributed by atoms with E-state index in [0.717, 1.165) is 32.5 Å². The molecule has 3 aliphatic rings. The minimum absolute atomic E-state index is 0.0168. The molecule has 0 spiro atoms. The van der Waals surface area contributed by atoms with Crippen molar-refractivity contribution < 1.29 is 19.8 Å². The van der Waals surface area contributed by atoms with Crippen LogP contribution in [0.2, 0.25) is 0 Å². The fraction of sp³-hybridized carbons (Fsp3) is 0.833. The van der Waals surface area contributed by atoms with E-state index in [9.17, 15) is 9.59 Å². The SMILES string of the molecule is O=C(NC1CN2CCC1CC2)N[C@@H](CCO)C(=O)O. The first-order chi connectivity index (χ1) is 9.10. The van der Waals surface area contributed by atoms with Crippen LogP contribution < -0.4 is 10.6 Å². The molecule has 4 N–H and O–H groups in total. The largest absolute Gasteiger partial charge is 0.480 e. The van der Waals surface area contributed by atoms with Crippen LogP contribution in [0.3, 0.4) is 0 Å². The number of urea groups is 1. The van der Waals surface area contributed by atoms with Crippen LogP contribution in [-0.2, 0) is 4.79 Å². The Kier molecular flexibility index (Phi) is 4.60. The van der Waals surface area contributed by atoms with Crippen LogP contribution in [0.5, 0.6) is 0 Å². The number of carbonyl (C=O) groups excluding carboxylic acids is 1. The van der Waals surface area contributed by atoms with E-state index in [2.05, 4.69) is 15.5 Å². The van der Waals surface area contributed by atoms with Gasteiger partial charge < -0.3 is 25.7 Å². The smallest absolute Gasteiger partial charge is 0.326 e. The molecular weight excluding hydrogens is 250 g/mol. The molecule has 3 heterocycles. The van der Waals surface area contributed by atoms with Gasteiger partial charge in [-0.05, 0) is 31.8 Å². The number of carboxylic acid groups (broad SMARTS) is 1. The van der Waals surface area contributed by atoms with E-state index in [1.54, 1.807) is 0 Å². The van der Waals surface area contributed by atoms with Crippen molar-refractivity contribution in [3.05, 3.63) is 0 Å². The van der Waals surface area contributed by atoms with Crippen LogP contribution >= 0.6 is 0 Å². The summed E-state index contributed by atoms with van der Waals surface area (Å²) in [6.07, 6.45) is 2.19. The normalized spacial score (nSPS) is 30.7. The minimum Gasteiger partial charge on any atom is -0.480 e. The molecule has 0 radical (unpaired) electrons. The first kappa shape index (κ1) is 14.1. The molecule has 2 bridgehead atoms. The van der Waals surface area contributed by atoms with Gasteiger partial charge in [-0.1, -0.05) is 0 Å². The van der Waals surface area contributed by atoms with Crippen molar-refractivity contribution in [2.24, 2.45) is 5.92 Å². The zero-order valence-electron chi connectivity index (χ0n) is 10.8. The first-order valence-corrected chi connectivity index (χ1v) is 6.73. The van der Waals surface area contributed by atoms with Crippen molar-refractivity contribution in [1.29, 1.82) is 0 Å². The van der Waals surface area contributed by atoms with E-state index in [1.807, 2.05) is 0 Å². The maximum Gasteiger partial charge on any atom is 0.326 e. The van der Waals surface area contributed by atoms with E-state index >= 15 is 0 Å². The van der Waals surface area contributed by atoms with Gasteiger partial charge in [0.2, 0.25) is 0 Å². The van der Waals surface area contributed by atoms with Gasteiger partial charge in [-0.15, -0.1) is 0 Å². The number of piperidine rings is 3. The van der Waals surface area contributed by atoms with Crippen LogP contribution in [0.25, 0.3) is 0 Å². The van der Waals surface area contributed by atoms with Gasteiger partial charge in [-0.2, -0.15) is 0 Å². The molecule has 2 amide bonds. The zero-order valence-corrected chi connectivity index (χ0v) is 10.8. The van der Waals surface area contributed by atoms with Crippen molar-refractivity contribution in [3.63, 3.8) is 0 Å². The molecular formula is C12H21N3O4. The highest BCUT2D eigenvalue weighted by molar-refractivity contribution is 5.82. The molecule has 108 valence electrons. The van der Waals surface area contributed by atoms with Gasteiger partial charge in [0, 0.05) is 25.6 Å². The molecule has 3 saturated heterocycles. The van der Waals surface area contributed by atoms with Gasteiger partial charge in [0.25, 0.3) is 0 Å². The number of aliphatic hydroxyl groups is 1. The average Bonchev–Trinajstić information content (AvgIpc) is 2.39. The number of nitrogens with zero attached hydrogens (tertiary/aromatic N) is 1. The summed E-state index contributed by atoms with van der Waals surface area (Å²) in [7, 11) is 0. The van der Waals surface area contributed by atoms with E-state index in [4.69, 9.17) is 10.2 Å². The van der Waals surface area contributed by atoms with Gasteiger partial charge in [0.05, 0.1) is 0 Å². The second kappa shape index (κ2) is 6.21. The predicted molar refractivity (Wildman–Crippen MR) is 67.7 cm³/mol. The van der Waals surface area contributed by atoms with Crippen LogP contribution in [-0.4, -0.2) is 65.4 Å². The number of rotatable bonds is 5. The fourth-order valence-corrected chi connectivity index (χ4v) is 2.88. The third-order valence-corrected chi connectivity index (χ3v) is 3.99. The number of amides is 2. The molecule has 0 aromatic carbocycles. The number of aliphatic hydroxyl groups excluding tert-OH is 1. The van der Waals surface area contributed by atoms with Gasteiger partial charge in [0.15, 0.2) is 0 Å². The lowest BCUT2D eigenvalue weighted by Crippen LogP contribution is -2.59. The molecule has 3 rings (SSSR count). The summed E-state index contributed by atoms with van der Waals surface area (Å²) in [6.45, 7) is 2.76. The fourth-order valence-electron chi connectivity index (χ4n) is 2.88. The maximum atomic E-state index is 11.8. The number of hydrogen-bond donors (Lipinski definition) is 4. The third kappa shape index (κ3) is 3.57. The van der Waals surface area contributed by atoms with E-state index < -0.39 is 18.0 Å². The lowest BCUT2D eigenvalue weighted by molar-refractivity contribution is -0.139. The summed E-state index contributed by atoms with van der Waals surface area (Å²) < 4.78 is 0. The number of aliphatic carboxylic acids is 1. The van der Waals surface area contributed by atoms with Gasteiger partial charge >= 0.3 is 12.0 Å². The monoisotopic (exact) mass is 271 g/mol. The Balaban J connectivity index is 1.82. The molecule has 0 aliphatic carbocycles. The van der Waals surface area contributed by atoms with Crippen molar-refractivity contribution in [3.8, 4) is 0 Å². The number of nitrogens with one attached hydrogen (secondary N) is 2. The Labute approximate surface area is 112 Å². The first-order valence-electron chi connectivity index (χ1n) is 6.73. The molecule has 0 saturated carbocycles. The van der Waals surface area contributed by atoms with Crippen LogP contribution in [0.15, 0.2) is 0 Å². The number of carboxylic acids is 1. The Morgan fingerprint density at radius 1 is 1.32 bits per heavy atom. The van der Waals surface area contributed by atoms with Crippen molar-refractivity contribution in [1.82, 2.24) is 15.5 Å². The minimum atomic E-state index is -1.13. The number of fused-ring (bicyclic) bond motifs is 3. The van der Waals surface area contributed by atoms with Crippen molar-refractivity contribution >= 4 is 12.0 Å². The summed E-state index contributed by atoms with van der Waals surface area (Å²) >= 11 is 0. The molecule has 3 aliphatic heterocycles. The molecule has 2 atom stereocenters. The summed E-state index contributed by atoms with van der Waals surface area (Å²) in [4.78, 5) is 25.0. The van der Waals surface area contributed by atoms with Crippen molar-refractivity contribution in [2.75, 3.05) is 26.2 Å². The van der Waals surface area contributed by atoms with Gasteiger partial charge in [0.1, 0.15) is 6.04 Å². The summed E-state index contributed by atoms with van der Waals surface area (Å²) in [5, 5.41) is 22.9. The Morgan fingerprint density at radius 2 is 2.00 bits per heavy atom. The Hall–Kier alpha value is -1.34. The van der Waals surface area contributed by atoms with Crippen LogP contribution in [0, 0.1) is 5.92 Å². The quantitative estimate of drug-likeness (QED) is 0.525. The van der Waals surface area contributed by atoms with E-state index in [-0.39, 0.29) is 19.1 Å². The second-order valence-corrected chi connectivity index (χ2v) is 5.27. The van der Waals surface area contributed by atoms with E-state index in [0.29, 0.717) is 5.92 Å². The summed E-state index contributed by atoms with van der Waals surface area (Å²) in [6, 6.07) is -1.39. The molecule has 3 fully saturated rings. The lowest BCUT2D eigenvalue weighted by atomic mass is 9.84. The third-order valence-electron chi connectivity index (χ3n) is 3.99. The summed E-state index contributed by atoms with van der Waals surface area (Å²) in [5.74, 6) is -0.630. The topological polar surface area (TPSA) is 102 Å². The second-order valence-electron chi connectivity index (χ2n) is 5.27. The zero-order chi connectivity index (χ0) is 13.8. The molecule has 19 heavy (non-hydrogen) atoms. The highest BCUT2D eigenvalue weighted by Crippen LogP contribution is 2.27. The highest BCUT2D eigenvalue weighted by Gasteiger charge is 2.35. The lowest BCUT2D eigenvalue weighted by Gasteiger charge is -2.44. The van der Waals surface area contributed by atoms with E-state index in [1.165, 1.54) is 0 Å². The van der Waals surface area contributed by atoms with Gasteiger partial charge in [-0.3, -0.25) is 0 Å². The Morgan fingerprint density at radius 3 is 2.47 bits per heavy atom. The van der Waals surface area contributed by atoms with Gasteiger partial charge in [-0.25, -0.2) is 9.59 Å². The predicted octanol–water partition coefficient (Wildman–Crippen LogP) is -0.785. The number of carbonyl (C=O) groups is 2. The van der Waals surface area contributed by atoms with Crippen molar-refractivity contribution in [2.45, 2.75) is 31.3 Å². The van der Waals surface area contributed by atoms with Crippen LogP contribution in [0.4, 0.5) is 4.79 Å². The maximum absolute atomic E-state index is 11.8. The molecule has 7 heteroatoms. The molecule has 0 aromatic heterocycles. The summed E-state index contributed by atoms with van der Waals surface area (Å²) in [5.41, 5.74) is 0. The number of hydrogen-bond acceptors (Lipinski definition) is 4. The molecule has 7 nitrogen and oxygen atoms in total. The standard InChI is InChI=1S/C12H21N3O4/c16-6-3-9(11(17)18)13-12(19)14-10-7-15-4-1-8(10)2-5-15/h8-10,16H,1-7H2,(H,17,18)(H2,13,14,19)/t9-,10?/m0/s1.